The monoisotopic (exact) mass is 463 g/mol. The Labute approximate surface area is 198 Å². The van der Waals surface area contributed by atoms with Crippen molar-refractivity contribution in [2.45, 2.75) is 49.6 Å². The first-order valence-corrected chi connectivity index (χ1v) is 11.7. The highest BCUT2D eigenvalue weighted by Gasteiger charge is 2.22. The van der Waals surface area contributed by atoms with Crippen molar-refractivity contribution in [3.05, 3.63) is 83.5 Å². The minimum absolute atomic E-state index is 0.166. The summed E-state index contributed by atoms with van der Waals surface area (Å²) in [6.07, 6.45) is 0. The molecule has 0 atom stereocenters. The first-order chi connectivity index (χ1) is 15.2. The lowest BCUT2D eigenvalue weighted by Crippen LogP contribution is -2.26. The number of aromatic nitrogens is 1. The van der Waals surface area contributed by atoms with Gasteiger partial charge in [0.1, 0.15) is 12.1 Å². The van der Waals surface area contributed by atoms with E-state index in [-0.39, 0.29) is 12.5 Å². The highest BCUT2D eigenvalue weighted by Crippen LogP contribution is 2.43. The number of esters is 1. The number of benzene rings is 3. The Morgan fingerprint density at radius 2 is 1.66 bits per heavy atom. The van der Waals surface area contributed by atoms with Gasteiger partial charge in [0.15, 0.2) is 0 Å². The lowest BCUT2D eigenvalue weighted by atomic mass is 10.0. The van der Waals surface area contributed by atoms with Gasteiger partial charge in [0.2, 0.25) is 0 Å². The van der Waals surface area contributed by atoms with Gasteiger partial charge < -0.3 is 9.30 Å². The number of hydrogen-bond donors (Lipinski definition) is 0. The molecule has 3 aromatic carbocycles. The molecule has 0 spiro atoms. The summed E-state index contributed by atoms with van der Waals surface area (Å²) < 4.78 is 7.68. The summed E-state index contributed by atoms with van der Waals surface area (Å²) in [6, 6.07) is 24.5. The second-order valence-electron chi connectivity index (χ2n) is 8.71. The second-order valence-corrected chi connectivity index (χ2v) is 10.2. The molecule has 0 unspecified atom stereocenters. The Hall–Kier alpha value is -2.69. The van der Waals surface area contributed by atoms with Crippen molar-refractivity contribution in [3.63, 3.8) is 0 Å². The molecule has 3 nitrogen and oxygen atoms in total. The van der Waals surface area contributed by atoms with Crippen LogP contribution in [0.5, 0.6) is 0 Å². The predicted molar refractivity (Wildman–Crippen MR) is 134 cm³/mol. The summed E-state index contributed by atoms with van der Waals surface area (Å²) in [5.41, 5.74) is 3.82. The maximum Gasteiger partial charge on any atom is 0.326 e. The molecule has 0 amide bonds. The van der Waals surface area contributed by atoms with E-state index in [1.165, 1.54) is 0 Å². The van der Waals surface area contributed by atoms with Gasteiger partial charge in [-0.25, -0.2) is 0 Å². The summed E-state index contributed by atoms with van der Waals surface area (Å²) in [6.45, 7) is 7.90. The summed E-state index contributed by atoms with van der Waals surface area (Å²) in [5.74, 6) is -0.245. The zero-order valence-corrected chi connectivity index (χ0v) is 20.3. The molecule has 0 saturated carbocycles. The van der Waals surface area contributed by atoms with E-state index in [0.29, 0.717) is 5.02 Å². The maximum absolute atomic E-state index is 12.7. The van der Waals surface area contributed by atoms with Crippen LogP contribution in [0.25, 0.3) is 22.0 Å². The molecule has 1 aromatic heterocycles. The van der Waals surface area contributed by atoms with Crippen LogP contribution >= 0.6 is 23.4 Å². The van der Waals surface area contributed by atoms with E-state index in [9.17, 15) is 4.79 Å². The fraction of sp³-hybridized carbons (Fsp3) is 0.222. The van der Waals surface area contributed by atoms with Gasteiger partial charge >= 0.3 is 5.97 Å². The molecule has 0 aliphatic heterocycles. The lowest BCUT2D eigenvalue weighted by molar-refractivity contribution is -0.155. The number of carbonyl (C=O) groups excluding carboxylic acids is 1. The zero-order valence-electron chi connectivity index (χ0n) is 18.7. The van der Waals surface area contributed by atoms with E-state index in [2.05, 4.69) is 35.8 Å². The van der Waals surface area contributed by atoms with Crippen LogP contribution in [0.15, 0.2) is 82.6 Å². The van der Waals surface area contributed by atoms with Crippen molar-refractivity contribution in [1.29, 1.82) is 0 Å². The lowest BCUT2D eigenvalue weighted by Gasteiger charge is -2.20. The molecular weight excluding hydrogens is 438 g/mol. The number of rotatable bonds is 5. The third kappa shape index (κ3) is 4.87. The summed E-state index contributed by atoms with van der Waals surface area (Å²) in [7, 11) is 0. The van der Waals surface area contributed by atoms with Crippen molar-refractivity contribution in [2.75, 3.05) is 0 Å². The largest absolute Gasteiger partial charge is 0.459 e. The van der Waals surface area contributed by atoms with Crippen LogP contribution in [0.3, 0.4) is 0 Å². The second kappa shape index (κ2) is 9.05. The average Bonchev–Trinajstić information content (AvgIpc) is 3.00. The van der Waals surface area contributed by atoms with Crippen molar-refractivity contribution < 1.29 is 9.53 Å². The van der Waals surface area contributed by atoms with Gasteiger partial charge in [-0.1, -0.05) is 65.8 Å². The van der Waals surface area contributed by atoms with Gasteiger partial charge in [-0.15, -0.1) is 0 Å². The van der Waals surface area contributed by atoms with Crippen LogP contribution in [-0.2, 0) is 16.1 Å². The van der Waals surface area contributed by atoms with E-state index < -0.39 is 5.60 Å². The molecule has 0 saturated heterocycles. The molecule has 0 radical (unpaired) electrons. The highest BCUT2D eigenvalue weighted by molar-refractivity contribution is 7.99. The third-order valence-corrected chi connectivity index (χ3v) is 6.58. The van der Waals surface area contributed by atoms with Gasteiger partial charge in [-0.05, 0) is 69.2 Å². The molecule has 0 bridgehead atoms. The summed E-state index contributed by atoms with van der Waals surface area (Å²) in [5, 5.41) is 1.85. The minimum atomic E-state index is -0.524. The molecule has 1 heterocycles. The van der Waals surface area contributed by atoms with Gasteiger partial charge in [0.05, 0.1) is 5.52 Å². The molecule has 4 aromatic rings. The molecule has 164 valence electrons. The molecule has 4 rings (SSSR count). The molecule has 0 fully saturated rings. The van der Waals surface area contributed by atoms with E-state index in [1.807, 2.05) is 69.3 Å². The molecule has 5 heteroatoms. The highest BCUT2D eigenvalue weighted by atomic mass is 35.5. The van der Waals surface area contributed by atoms with Gasteiger partial charge in [0.25, 0.3) is 0 Å². The number of nitrogens with zero attached hydrogens (tertiary/aromatic N) is 1. The Bertz CT molecular complexity index is 1260. The first-order valence-electron chi connectivity index (χ1n) is 10.6. The van der Waals surface area contributed by atoms with Crippen molar-refractivity contribution in [1.82, 2.24) is 4.57 Å². The van der Waals surface area contributed by atoms with Gasteiger partial charge in [0, 0.05) is 25.9 Å². The SMILES string of the molecule is Cc1c(Sc2ccc(Cl)cc2)c2c(-c3ccccc3)cccc2n1CC(=O)OC(C)(C)C. The van der Waals surface area contributed by atoms with E-state index >= 15 is 0 Å². The van der Waals surface area contributed by atoms with Gasteiger partial charge in [-0.2, -0.15) is 0 Å². The summed E-state index contributed by atoms with van der Waals surface area (Å²) in [4.78, 5) is 14.9. The van der Waals surface area contributed by atoms with Crippen LogP contribution in [-0.4, -0.2) is 16.1 Å². The Morgan fingerprint density at radius 1 is 0.969 bits per heavy atom. The van der Waals surface area contributed by atoms with E-state index in [0.717, 1.165) is 37.5 Å². The van der Waals surface area contributed by atoms with Crippen molar-refractivity contribution in [3.8, 4) is 11.1 Å². The maximum atomic E-state index is 12.7. The Kier molecular flexibility index (Phi) is 6.36. The van der Waals surface area contributed by atoms with E-state index in [4.69, 9.17) is 16.3 Å². The van der Waals surface area contributed by atoms with Crippen LogP contribution in [0.2, 0.25) is 5.02 Å². The number of halogens is 1. The molecule has 0 N–H and O–H groups in total. The van der Waals surface area contributed by atoms with Crippen LogP contribution in [0.1, 0.15) is 26.5 Å². The number of carbonyl (C=O) groups is 1. The predicted octanol–water partition coefficient (Wildman–Crippen LogP) is 7.76. The van der Waals surface area contributed by atoms with Crippen molar-refractivity contribution in [2.24, 2.45) is 0 Å². The smallest absolute Gasteiger partial charge is 0.326 e. The quantitative estimate of drug-likeness (QED) is 0.283. The zero-order chi connectivity index (χ0) is 22.9. The molecule has 32 heavy (non-hydrogen) atoms. The minimum Gasteiger partial charge on any atom is -0.459 e. The topological polar surface area (TPSA) is 31.2 Å². The normalized spacial score (nSPS) is 11.7. The van der Waals surface area contributed by atoms with Crippen LogP contribution < -0.4 is 0 Å². The molecule has 0 aliphatic carbocycles. The van der Waals surface area contributed by atoms with Crippen LogP contribution in [0, 0.1) is 6.92 Å². The number of ether oxygens (including phenoxy) is 1. The molecular formula is C27H26ClNO2S. The van der Waals surface area contributed by atoms with Crippen LogP contribution in [0.4, 0.5) is 0 Å². The van der Waals surface area contributed by atoms with Crippen molar-refractivity contribution >= 4 is 40.2 Å². The fourth-order valence-corrected chi connectivity index (χ4v) is 5.01. The number of fused-ring (bicyclic) bond motifs is 1. The Morgan fingerprint density at radius 3 is 2.31 bits per heavy atom. The number of hydrogen-bond acceptors (Lipinski definition) is 3. The average molecular weight is 464 g/mol. The summed E-state index contributed by atoms with van der Waals surface area (Å²) >= 11 is 7.79. The fourth-order valence-electron chi connectivity index (χ4n) is 3.80. The van der Waals surface area contributed by atoms with Gasteiger partial charge in [-0.3, -0.25) is 4.79 Å². The Balaban J connectivity index is 1.88. The first kappa shape index (κ1) is 22.5. The molecule has 0 aliphatic rings. The third-order valence-electron chi connectivity index (χ3n) is 5.12. The van der Waals surface area contributed by atoms with E-state index in [1.54, 1.807) is 11.8 Å². The standard InChI is InChI=1S/C27H26ClNO2S/c1-18-26(32-21-15-13-20(28)14-16-21)25-22(19-9-6-5-7-10-19)11-8-12-23(25)29(18)17-24(30)31-27(2,3)4/h5-16H,17H2,1-4H3.